The fourth-order valence-corrected chi connectivity index (χ4v) is 4.59. The van der Waals surface area contributed by atoms with Crippen LogP contribution in [0.2, 0.25) is 0 Å². The van der Waals surface area contributed by atoms with Crippen LogP contribution in [0.15, 0.2) is 0 Å². The highest BCUT2D eigenvalue weighted by molar-refractivity contribution is 5.86. The zero-order chi connectivity index (χ0) is 17.0. The Balaban J connectivity index is 1.59. The summed E-state index contributed by atoms with van der Waals surface area (Å²) < 4.78 is 10.8. The van der Waals surface area contributed by atoms with Gasteiger partial charge in [-0.3, -0.25) is 9.69 Å². The smallest absolute Gasteiger partial charge is 0.240 e. The van der Waals surface area contributed by atoms with Crippen LogP contribution in [0, 0.1) is 0 Å². The zero-order valence-corrected chi connectivity index (χ0v) is 15.0. The third kappa shape index (κ3) is 3.77. The monoisotopic (exact) mass is 339 g/mol. The highest BCUT2D eigenvalue weighted by Crippen LogP contribution is 2.37. The van der Waals surface area contributed by atoms with Gasteiger partial charge in [0, 0.05) is 45.5 Å². The second-order valence-corrected chi connectivity index (χ2v) is 7.80. The van der Waals surface area contributed by atoms with E-state index in [1.165, 1.54) is 25.7 Å². The Labute approximate surface area is 145 Å². The number of nitrogens with zero attached hydrogens (tertiary/aromatic N) is 1. The molecule has 2 aliphatic heterocycles. The lowest BCUT2D eigenvalue weighted by Gasteiger charge is -2.45. The maximum absolute atomic E-state index is 12.7. The Kier molecular flexibility index (Phi) is 5.80. The van der Waals surface area contributed by atoms with Crippen molar-refractivity contribution >= 4 is 5.91 Å². The van der Waals surface area contributed by atoms with Gasteiger partial charge in [-0.15, -0.1) is 0 Å². The van der Waals surface area contributed by atoms with E-state index in [4.69, 9.17) is 15.2 Å². The number of hydrogen-bond acceptors (Lipinski definition) is 5. The number of nitrogens with one attached hydrogen (secondary N) is 1. The van der Waals surface area contributed by atoms with Gasteiger partial charge in [0.25, 0.3) is 0 Å². The van der Waals surface area contributed by atoms with Gasteiger partial charge in [-0.05, 0) is 38.5 Å². The fraction of sp³-hybridized carbons (Fsp3) is 0.944. The number of amides is 1. The minimum Gasteiger partial charge on any atom is -0.381 e. The number of likely N-dealkylation sites (tertiary alicyclic amines) is 1. The van der Waals surface area contributed by atoms with Gasteiger partial charge in [0.15, 0.2) is 0 Å². The quantitative estimate of drug-likeness (QED) is 0.782. The van der Waals surface area contributed by atoms with Gasteiger partial charge < -0.3 is 20.5 Å². The molecule has 0 aromatic rings. The summed E-state index contributed by atoms with van der Waals surface area (Å²) in [5.74, 6) is 0.00357. The summed E-state index contributed by atoms with van der Waals surface area (Å²) in [6.45, 7) is 4.02. The summed E-state index contributed by atoms with van der Waals surface area (Å²) in [4.78, 5) is 15.3. The van der Waals surface area contributed by atoms with Gasteiger partial charge in [-0.1, -0.05) is 12.8 Å². The Morgan fingerprint density at radius 3 is 2.42 bits per heavy atom. The summed E-state index contributed by atoms with van der Waals surface area (Å²) in [5, 5.41) is 3.21. The Morgan fingerprint density at radius 2 is 1.83 bits per heavy atom. The van der Waals surface area contributed by atoms with Gasteiger partial charge >= 0.3 is 0 Å². The first-order chi connectivity index (χ1) is 11.6. The van der Waals surface area contributed by atoms with E-state index in [0.29, 0.717) is 32.2 Å². The molecule has 24 heavy (non-hydrogen) atoms. The SMILES string of the molecule is COC1CCN(C2(CNC(=O)C3(N)CCOCC3)CCCC2)CC1. The maximum Gasteiger partial charge on any atom is 0.240 e. The molecule has 0 spiro atoms. The maximum atomic E-state index is 12.7. The second-order valence-electron chi connectivity index (χ2n) is 7.80. The molecule has 3 N–H and O–H groups in total. The Bertz CT molecular complexity index is 423. The normalized spacial score (nSPS) is 27.9. The first-order valence-corrected chi connectivity index (χ1v) is 9.51. The highest BCUT2D eigenvalue weighted by Gasteiger charge is 2.43. The summed E-state index contributed by atoms with van der Waals surface area (Å²) in [6, 6.07) is 0. The third-order valence-corrected chi connectivity index (χ3v) is 6.40. The zero-order valence-electron chi connectivity index (χ0n) is 15.0. The number of carbonyl (C=O) groups is 1. The first kappa shape index (κ1) is 18.1. The molecule has 6 nitrogen and oxygen atoms in total. The molecular formula is C18H33N3O3. The van der Waals surface area contributed by atoms with E-state index in [-0.39, 0.29) is 11.4 Å². The Morgan fingerprint density at radius 1 is 1.21 bits per heavy atom. The van der Waals surface area contributed by atoms with Crippen LogP contribution in [0.4, 0.5) is 0 Å². The molecule has 0 aromatic heterocycles. The average Bonchev–Trinajstić information content (AvgIpc) is 3.10. The van der Waals surface area contributed by atoms with Crippen LogP contribution in [0.25, 0.3) is 0 Å². The predicted octanol–water partition coefficient (Wildman–Crippen LogP) is 1.03. The molecule has 3 aliphatic rings. The van der Waals surface area contributed by atoms with E-state index in [0.717, 1.165) is 32.5 Å². The molecular weight excluding hydrogens is 306 g/mol. The standard InChI is InChI=1S/C18H33N3O3/c1-23-15-4-10-21(11-5-15)17(6-2-3-7-17)14-20-16(22)18(19)8-12-24-13-9-18/h15H,2-14,19H2,1H3,(H,20,22). The van der Waals surface area contributed by atoms with Crippen LogP contribution in [0.5, 0.6) is 0 Å². The van der Waals surface area contributed by atoms with E-state index in [1.807, 2.05) is 0 Å². The van der Waals surface area contributed by atoms with Crippen LogP contribution in [0.3, 0.4) is 0 Å². The van der Waals surface area contributed by atoms with Crippen molar-refractivity contribution in [2.45, 2.75) is 68.5 Å². The lowest BCUT2D eigenvalue weighted by molar-refractivity contribution is -0.130. The first-order valence-electron chi connectivity index (χ1n) is 9.51. The van der Waals surface area contributed by atoms with Crippen LogP contribution in [0.1, 0.15) is 51.4 Å². The second kappa shape index (κ2) is 7.68. The van der Waals surface area contributed by atoms with E-state index >= 15 is 0 Å². The number of methoxy groups -OCH3 is 1. The predicted molar refractivity (Wildman–Crippen MR) is 92.8 cm³/mol. The van der Waals surface area contributed by atoms with Crippen molar-refractivity contribution in [3.8, 4) is 0 Å². The Hall–Kier alpha value is -0.690. The van der Waals surface area contributed by atoms with Crippen molar-refractivity contribution in [1.82, 2.24) is 10.2 Å². The summed E-state index contributed by atoms with van der Waals surface area (Å²) in [7, 11) is 1.81. The van der Waals surface area contributed by atoms with Crippen molar-refractivity contribution < 1.29 is 14.3 Å². The lowest BCUT2D eigenvalue weighted by Crippen LogP contribution is -2.62. The van der Waals surface area contributed by atoms with Crippen molar-refractivity contribution in [2.24, 2.45) is 5.73 Å². The summed E-state index contributed by atoms with van der Waals surface area (Å²) in [5.41, 5.74) is 5.69. The largest absolute Gasteiger partial charge is 0.381 e. The fourth-order valence-electron chi connectivity index (χ4n) is 4.59. The molecule has 1 aliphatic carbocycles. The van der Waals surface area contributed by atoms with E-state index in [1.54, 1.807) is 7.11 Å². The van der Waals surface area contributed by atoms with Crippen LogP contribution in [-0.4, -0.2) is 67.9 Å². The van der Waals surface area contributed by atoms with Crippen LogP contribution < -0.4 is 11.1 Å². The molecule has 1 saturated carbocycles. The topological polar surface area (TPSA) is 76.8 Å². The van der Waals surface area contributed by atoms with Gasteiger partial charge in [-0.2, -0.15) is 0 Å². The van der Waals surface area contributed by atoms with Crippen molar-refractivity contribution in [3.63, 3.8) is 0 Å². The molecule has 3 rings (SSSR count). The molecule has 2 saturated heterocycles. The third-order valence-electron chi connectivity index (χ3n) is 6.40. The molecule has 138 valence electrons. The molecule has 2 heterocycles. The highest BCUT2D eigenvalue weighted by atomic mass is 16.5. The minimum absolute atomic E-state index is 0.00357. The number of piperidine rings is 1. The van der Waals surface area contributed by atoms with Crippen LogP contribution >= 0.6 is 0 Å². The molecule has 0 radical (unpaired) electrons. The van der Waals surface area contributed by atoms with Crippen molar-refractivity contribution in [1.29, 1.82) is 0 Å². The molecule has 0 unspecified atom stereocenters. The van der Waals surface area contributed by atoms with Crippen molar-refractivity contribution in [3.05, 3.63) is 0 Å². The minimum atomic E-state index is -0.749. The summed E-state index contributed by atoms with van der Waals surface area (Å²) >= 11 is 0. The summed E-state index contributed by atoms with van der Waals surface area (Å²) in [6.07, 6.45) is 8.65. The van der Waals surface area contributed by atoms with E-state index in [9.17, 15) is 4.79 Å². The number of carbonyl (C=O) groups excluding carboxylic acids is 1. The van der Waals surface area contributed by atoms with Gasteiger partial charge in [-0.25, -0.2) is 0 Å². The van der Waals surface area contributed by atoms with Gasteiger partial charge in [0.1, 0.15) is 0 Å². The molecule has 6 heteroatoms. The van der Waals surface area contributed by atoms with Gasteiger partial charge in [0.2, 0.25) is 5.91 Å². The number of nitrogens with two attached hydrogens (primary N) is 1. The number of hydrogen-bond donors (Lipinski definition) is 2. The molecule has 0 bridgehead atoms. The average molecular weight is 339 g/mol. The van der Waals surface area contributed by atoms with Crippen LogP contribution in [-0.2, 0) is 14.3 Å². The van der Waals surface area contributed by atoms with Gasteiger partial charge in [0.05, 0.1) is 11.6 Å². The van der Waals surface area contributed by atoms with E-state index < -0.39 is 5.54 Å². The molecule has 0 atom stereocenters. The molecule has 0 aromatic carbocycles. The number of ether oxygens (including phenoxy) is 2. The van der Waals surface area contributed by atoms with Crippen molar-refractivity contribution in [2.75, 3.05) is 40.0 Å². The molecule has 1 amide bonds. The molecule has 3 fully saturated rings. The number of rotatable bonds is 5. The lowest BCUT2D eigenvalue weighted by atomic mass is 9.88. The van der Waals surface area contributed by atoms with E-state index in [2.05, 4.69) is 10.2 Å².